The monoisotopic (exact) mass is 270 g/mol. The normalized spacial score (nSPS) is 20.3. The van der Waals surface area contributed by atoms with Gasteiger partial charge in [-0.3, -0.25) is 4.79 Å². The van der Waals surface area contributed by atoms with E-state index in [1.165, 1.54) is 0 Å². The number of nitrogens with zero attached hydrogens (tertiary/aromatic N) is 1. The largest absolute Gasteiger partial charge is 0.444 e. The van der Waals surface area contributed by atoms with Crippen LogP contribution in [0.4, 0.5) is 4.79 Å². The maximum absolute atomic E-state index is 11.9. The summed E-state index contributed by atoms with van der Waals surface area (Å²) in [6.07, 6.45) is 0.473. The number of hydrogen-bond donors (Lipinski definition) is 1. The number of ether oxygens (including phenoxy) is 1. The maximum Gasteiger partial charge on any atom is 0.410 e. The van der Waals surface area contributed by atoms with Crippen LogP contribution in [0.15, 0.2) is 0 Å². The molecule has 5 nitrogen and oxygen atoms in total. The van der Waals surface area contributed by atoms with Crippen LogP contribution in [-0.4, -0.2) is 41.6 Å². The Morgan fingerprint density at radius 3 is 2.21 bits per heavy atom. The molecule has 1 aliphatic heterocycles. The van der Waals surface area contributed by atoms with Crippen LogP contribution in [0, 0.1) is 5.41 Å². The van der Waals surface area contributed by atoms with E-state index >= 15 is 0 Å². The van der Waals surface area contributed by atoms with Gasteiger partial charge >= 0.3 is 6.09 Å². The summed E-state index contributed by atoms with van der Waals surface area (Å²) in [7, 11) is 0. The van der Waals surface area contributed by atoms with Crippen molar-refractivity contribution in [3.8, 4) is 0 Å². The first-order valence-electron chi connectivity index (χ1n) is 6.78. The van der Waals surface area contributed by atoms with Crippen molar-refractivity contribution >= 4 is 12.0 Å². The minimum atomic E-state index is -0.482. The molecule has 1 atom stereocenters. The van der Waals surface area contributed by atoms with Gasteiger partial charge in [-0.15, -0.1) is 0 Å². The Morgan fingerprint density at radius 1 is 1.16 bits per heavy atom. The van der Waals surface area contributed by atoms with E-state index in [1.54, 1.807) is 4.90 Å². The molecule has 0 aromatic heterocycles. The Bertz CT molecular complexity index is 353. The van der Waals surface area contributed by atoms with E-state index in [2.05, 4.69) is 5.32 Å². The van der Waals surface area contributed by atoms with Crippen molar-refractivity contribution in [1.29, 1.82) is 0 Å². The topological polar surface area (TPSA) is 58.6 Å². The van der Waals surface area contributed by atoms with Gasteiger partial charge < -0.3 is 15.0 Å². The molecule has 0 aromatic carbocycles. The van der Waals surface area contributed by atoms with Crippen LogP contribution in [0.1, 0.15) is 48.0 Å². The summed E-state index contributed by atoms with van der Waals surface area (Å²) in [5.74, 6) is 0.0172. The second kappa shape index (κ2) is 5.39. The fourth-order valence-corrected chi connectivity index (χ4v) is 1.77. The van der Waals surface area contributed by atoms with Gasteiger partial charge in [0.25, 0.3) is 0 Å². The van der Waals surface area contributed by atoms with Gasteiger partial charge in [0.15, 0.2) is 0 Å². The highest BCUT2D eigenvalue weighted by atomic mass is 16.6. The average Bonchev–Trinajstić information content (AvgIpc) is 2.62. The molecule has 1 heterocycles. The smallest absolute Gasteiger partial charge is 0.410 e. The summed E-state index contributed by atoms with van der Waals surface area (Å²) in [6, 6.07) is 0.0271. The molecule has 0 bridgehead atoms. The molecule has 19 heavy (non-hydrogen) atoms. The third-order valence-electron chi connectivity index (χ3n) is 2.86. The van der Waals surface area contributed by atoms with Gasteiger partial charge in [0.05, 0.1) is 0 Å². The average molecular weight is 270 g/mol. The van der Waals surface area contributed by atoms with Gasteiger partial charge in [-0.05, 0) is 27.2 Å². The molecule has 0 aromatic rings. The van der Waals surface area contributed by atoms with Crippen LogP contribution >= 0.6 is 0 Å². The molecular weight excluding hydrogens is 244 g/mol. The highest BCUT2D eigenvalue weighted by molar-refractivity contribution is 5.81. The van der Waals surface area contributed by atoms with Crippen molar-refractivity contribution < 1.29 is 14.3 Å². The first kappa shape index (κ1) is 15.8. The van der Waals surface area contributed by atoms with Crippen molar-refractivity contribution in [3.05, 3.63) is 0 Å². The van der Waals surface area contributed by atoms with E-state index in [1.807, 2.05) is 41.5 Å². The Morgan fingerprint density at radius 2 is 1.74 bits per heavy atom. The van der Waals surface area contributed by atoms with Crippen LogP contribution in [-0.2, 0) is 9.53 Å². The summed E-state index contributed by atoms with van der Waals surface area (Å²) in [4.78, 5) is 25.4. The summed E-state index contributed by atoms with van der Waals surface area (Å²) < 4.78 is 5.32. The predicted molar refractivity (Wildman–Crippen MR) is 73.8 cm³/mol. The molecular formula is C14H26N2O3. The molecule has 1 N–H and O–H groups in total. The van der Waals surface area contributed by atoms with Crippen LogP contribution in [0.25, 0.3) is 0 Å². The number of rotatable bonds is 1. The lowest BCUT2D eigenvalue weighted by Gasteiger charge is -2.25. The van der Waals surface area contributed by atoms with Gasteiger partial charge in [0.1, 0.15) is 5.60 Å². The van der Waals surface area contributed by atoms with E-state index in [-0.39, 0.29) is 18.0 Å². The molecule has 1 aliphatic rings. The van der Waals surface area contributed by atoms with Gasteiger partial charge in [0.2, 0.25) is 5.91 Å². The van der Waals surface area contributed by atoms with E-state index in [0.717, 1.165) is 6.42 Å². The molecule has 0 saturated carbocycles. The minimum Gasteiger partial charge on any atom is -0.444 e. The predicted octanol–water partition coefficient (Wildman–Crippen LogP) is 2.16. The summed E-state index contributed by atoms with van der Waals surface area (Å²) in [5.41, 5.74) is -0.886. The Balaban J connectivity index is 2.46. The van der Waals surface area contributed by atoms with E-state index in [9.17, 15) is 9.59 Å². The lowest BCUT2D eigenvalue weighted by molar-refractivity contribution is -0.129. The van der Waals surface area contributed by atoms with Crippen LogP contribution in [0.2, 0.25) is 0 Å². The summed E-state index contributed by atoms with van der Waals surface area (Å²) >= 11 is 0. The Hall–Kier alpha value is -1.26. The standard InChI is InChI=1S/C14H26N2O3/c1-13(2,3)11(17)15-10-7-8-16(9-10)12(18)19-14(4,5)6/h10H,7-9H2,1-6H3,(H,15,17). The molecule has 1 saturated heterocycles. The zero-order valence-corrected chi connectivity index (χ0v) is 12.9. The first-order chi connectivity index (χ1) is 8.49. The fourth-order valence-electron chi connectivity index (χ4n) is 1.77. The van der Waals surface area contributed by atoms with Crippen molar-refractivity contribution in [2.45, 2.75) is 59.6 Å². The van der Waals surface area contributed by atoms with Crippen LogP contribution in [0.3, 0.4) is 0 Å². The molecule has 2 amide bonds. The number of nitrogens with one attached hydrogen (secondary N) is 1. The maximum atomic E-state index is 11.9. The molecule has 0 aliphatic carbocycles. The third kappa shape index (κ3) is 5.09. The summed E-state index contributed by atoms with van der Waals surface area (Å²) in [6.45, 7) is 12.3. The van der Waals surface area contributed by atoms with E-state index < -0.39 is 11.0 Å². The van der Waals surface area contributed by atoms with Gasteiger partial charge in [-0.1, -0.05) is 20.8 Å². The van der Waals surface area contributed by atoms with E-state index in [4.69, 9.17) is 4.74 Å². The molecule has 110 valence electrons. The third-order valence-corrected chi connectivity index (χ3v) is 2.86. The number of likely N-dealkylation sites (tertiary alicyclic amines) is 1. The second-order valence-electron chi connectivity index (χ2n) is 7.14. The molecule has 1 rings (SSSR count). The highest BCUT2D eigenvalue weighted by Crippen LogP contribution is 2.18. The van der Waals surface area contributed by atoms with Crippen molar-refractivity contribution in [2.24, 2.45) is 5.41 Å². The number of amides is 2. The first-order valence-corrected chi connectivity index (χ1v) is 6.78. The number of hydrogen-bond acceptors (Lipinski definition) is 3. The molecule has 0 radical (unpaired) electrons. The van der Waals surface area contributed by atoms with Crippen LogP contribution in [0.5, 0.6) is 0 Å². The summed E-state index contributed by atoms with van der Waals surface area (Å²) in [5, 5.41) is 2.98. The van der Waals surface area contributed by atoms with E-state index in [0.29, 0.717) is 13.1 Å². The Labute approximate surface area is 115 Å². The molecule has 5 heteroatoms. The minimum absolute atomic E-state index is 0.0172. The molecule has 1 fully saturated rings. The SMILES string of the molecule is CC(C)(C)OC(=O)N1CCC(NC(=O)C(C)(C)C)C1. The van der Waals surface area contributed by atoms with Crippen LogP contribution < -0.4 is 5.32 Å². The number of carbonyl (C=O) groups is 2. The fraction of sp³-hybridized carbons (Fsp3) is 0.857. The van der Waals surface area contributed by atoms with Crippen molar-refractivity contribution in [1.82, 2.24) is 10.2 Å². The second-order valence-corrected chi connectivity index (χ2v) is 7.14. The highest BCUT2D eigenvalue weighted by Gasteiger charge is 2.32. The van der Waals surface area contributed by atoms with Gasteiger partial charge in [-0.25, -0.2) is 4.79 Å². The number of carbonyl (C=O) groups excluding carboxylic acids is 2. The van der Waals surface area contributed by atoms with Gasteiger partial charge in [0, 0.05) is 24.5 Å². The zero-order valence-electron chi connectivity index (χ0n) is 12.9. The molecule has 1 unspecified atom stereocenters. The van der Waals surface area contributed by atoms with Crippen molar-refractivity contribution in [3.63, 3.8) is 0 Å². The Kier molecular flexibility index (Phi) is 4.48. The van der Waals surface area contributed by atoms with Crippen molar-refractivity contribution in [2.75, 3.05) is 13.1 Å². The quantitative estimate of drug-likeness (QED) is 0.794. The van der Waals surface area contributed by atoms with Gasteiger partial charge in [-0.2, -0.15) is 0 Å². The lowest BCUT2D eigenvalue weighted by atomic mass is 9.95. The molecule has 0 spiro atoms. The lowest BCUT2D eigenvalue weighted by Crippen LogP contribution is -2.44. The zero-order chi connectivity index (χ0) is 14.8.